The van der Waals surface area contributed by atoms with E-state index in [1.807, 2.05) is 0 Å². The lowest BCUT2D eigenvalue weighted by Gasteiger charge is -2.30. The van der Waals surface area contributed by atoms with E-state index in [4.69, 9.17) is 0 Å². The molecule has 0 radical (unpaired) electrons. The van der Waals surface area contributed by atoms with Gasteiger partial charge in [0.25, 0.3) is 0 Å². The second-order valence-corrected chi connectivity index (χ2v) is 4.85. The summed E-state index contributed by atoms with van der Waals surface area (Å²) in [5.74, 6) is 0. The van der Waals surface area contributed by atoms with Crippen LogP contribution in [0.3, 0.4) is 0 Å². The zero-order valence-corrected chi connectivity index (χ0v) is 10.1. The van der Waals surface area contributed by atoms with Crippen molar-refractivity contribution in [3.63, 3.8) is 0 Å². The number of nitrogens with one attached hydrogen (secondary N) is 1. The molecule has 0 unspecified atom stereocenters. The Morgan fingerprint density at radius 1 is 1.23 bits per heavy atom. The molecule has 0 aliphatic heterocycles. The Balaban J connectivity index is 3.89. The lowest BCUT2D eigenvalue weighted by Crippen LogP contribution is -2.48. The molecule has 2 nitrogen and oxygen atoms in total. The zero-order valence-electron chi connectivity index (χ0n) is 10.1. The van der Waals surface area contributed by atoms with Crippen molar-refractivity contribution in [1.29, 1.82) is 0 Å². The molecule has 0 aromatic heterocycles. The van der Waals surface area contributed by atoms with Gasteiger partial charge < -0.3 is 10.2 Å². The number of rotatable bonds is 5. The van der Waals surface area contributed by atoms with Crippen molar-refractivity contribution < 1.29 is 0 Å². The summed E-state index contributed by atoms with van der Waals surface area (Å²) in [4.78, 5) is 2.35. The predicted molar refractivity (Wildman–Crippen MR) is 60.1 cm³/mol. The van der Waals surface area contributed by atoms with Crippen LogP contribution in [0.5, 0.6) is 0 Å². The van der Waals surface area contributed by atoms with E-state index in [2.05, 4.69) is 51.9 Å². The van der Waals surface area contributed by atoms with E-state index >= 15 is 0 Å². The number of likely N-dealkylation sites (N-methyl/N-ethyl adjacent to an activating group) is 1. The highest BCUT2D eigenvalue weighted by Gasteiger charge is 2.16. The largest absolute Gasteiger partial charge is 0.308 e. The van der Waals surface area contributed by atoms with Crippen LogP contribution >= 0.6 is 0 Å². The summed E-state index contributed by atoms with van der Waals surface area (Å²) < 4.78 is 0. The maximum atomic E-state index is 3.63. The van der Waals surface area contributed by atoms with E-state index < -0.39 is 0 Å². The first-order valence-corrected chi connectivity index (χ1v) is 5.35. The molecule has 0 aromatic rings. The first kappa shape index (κ1) is 12.9. The second kappa shape index (κ2) is 5.61. The van der Waals surface area contributed by atoms with Gasteiger partial charge in [-0.05, 0) is 40.8 Å². The molecule has 0 aromatic carbocycles. The lowest BCUT2D eigenvalue weighted by molar-refractivity contribution is 0.259. The molecule has 0 spiro atoms. The van der Waals surface area contributed by atoms with Crippen LogP contribution in [0.4, 0.5) is 0 Å². The first-order chi connectivity index (χ1) is 5.89. The van der Waals surface area contributed by atoms with Gasteiger partial charge in [-0.25, -0.2) is 0 Å². The van der Waals surface area contributed by atoms with Crippen LogP contribution in [0, 0.1) is 0 Å². The van der Waals surface area contributed by atoms with Crippen molar-refractivity contribution in [2.24, 2.45) is 0 Å². The summed E-state index contributed by atoms with van der Waals surface area (Å²) in [7, 11) is 2.17. The van der Waals surface area contributed by atoms with E-state index in [0.29, 0.717) is 6.04 Å². The average Bonchev–Trinajstić information content (AvgIpc) is 2.00. The van der Waals surface area contributed by atoms with Crippen molar-refractivity contribution in [2.75, 3.05) is 20.1 Å². The van der Waals surface area contributed by atoms with Crippen LogP contribution in [0.1, 0.15) is 41.0 Å². The molecule has 0 heterocycles. The van der Waals surface area contributed by atoms with Crippen LogP contribution < -0.4 is 5.32 Å². The molecule has 2 heteroatoms. The number of hydrogen-bond acceptors (Lipinski definition) is 2. The van der Waals surface area contributed by atoms with Crippen molar-refractivity contribution in [3.05, 3.63) is 0 Å². The maximum absolute atomic E-state index is 3.63. The predicted octanol–water partition coefficient (Wildman–Crippen LogP) is 2.10. The summed E-state index contributed by atoms with van der Waals surface area (Å²) >= 11 is 0. The highest BCUT2D eigenvalue weighted by atomic mass is 15.1. The van der Waals surface area contributed by atoms with Crippen molar-refractivity contribution in [2.45, 2.75) is 52.6 Å². The quantitative estimate of drug-likeness (QED) is 0.707. The first-order valence-electron chi connectivity index (χ1n) is 5.35. The van der Waals surface area contributed by atoms with E-state index in [0.717, 1.165) is 13.1 Å². The molecular formula is C11H26N2. The molecule has 1 N–H and O–H groups in total. The number of nitrogens with zero attached hydrogens (tertiary/aromatic N) is 1. The average molecular weight is 186 g/mol. The van der Waals surface area contributed by atoms with Gasteiger partial charge in [0.2, 0.25) is 0 Å². The number of hydrogen-bond donors (Lipinski definition) is 1. The van der Waals surface area contributed by atoms with E-state index in [-0.39, 0.29) is 5.54 Å². The molecule has 0 aliphatic carbocycles. The standard InChI is InChI=1S/C11H26N2/c1-7-10(9-13(6)8-2)12-11(3,4)5/h10,12H,7-9H2,1-6H3/t10-/m1/s1. The molecule has 80 valence electrons. The minimum atomic E-state index is 0.231. The molecule has 1 atom stereocenters. The molecule has 0 aliphatic rings. The minimum Gasteiger partial charge on any atom is -0.308 e. The highest BCUT2D eigenvalue weighted by molar-refractivity contribution is 4.78. The Labute approximate surface area is 83.7 Å². The Kier molecular flexibility index (Phi) is 5.57. The lowest BCUT2D eigenvalue weighted by atomic mass is 10.1. The zero-order chi connectivity index (χ0) is 10.5. The summed E-state index contributed by atoms with van der Waals surface area (Å²) in [6, 6.07) is 0.616. The van der Waals surface area contributed by atoms with Gasteiger partial charge >= 0.3 is 0 Å². The molecule has 0 saturated heterocycles. The summed E-state index contributed by atoms with van der Waals surface area (Å²) in [6.45, 7) is 13.4. The third kappa shape index (κ3) is 7.03. The summed E-state index contributed by atoms with van der Waals surface area (Å²) in [5, 5.41) is 3.63. The Hall–Kier alpha value is -0.0800. The third-order valence-electron chi connectivity index (χ3n) is 2.20. The molecule has 0 amide bonds. The SMILES string of the molecule is CC[C@H](CN(C)CC)NC(C)(C)C. The van der Waals surface area contributed by atoms with Gasteiger partial charge in [-0.1, -0.05) is 13.8 Å². The van der Waals surface area contributed by atoms with Gasteiger partial charge in [0, 0.05) is 18.1 Å². The van der Waals surface area contributed by atoms with Gasteiger partial charge in [-0.2, -0.15) is 0 Å². The van der Waals surface area contributed by atoms with E-state index in [1.165, 1.54) is 6.42 Å². The van der Waals surface area contributed by atoms with Crippen molar-refractivity contribution in [3.8, 4) is 0 Å². The topological polar surface area (TPSA) is 15.3 Å². The van der Waals surface area contributed by atoms with Crippen molar-refractivity contribution >= 4 is 0 Å². The van der Waals surface area contributed by atoms with Gasteiger partial charge in [0.1, 0.15) is 0 Å². The molecular weight excluding hydrogens is 160 g/mol. The van der Waals surface area contributed by atoms with Gasteiger partial charge in [0.15, 0.2) is 0 Å². The van der Waals surface area contributed by atoms with Gasteiger partial charge in [-0.3, -0.25) is 0 Å². The van der Waals surface area contributed by atoms with Gasteiger partial charge in [0.05, 0.1) is 0 Å². The third-order valence-corrected chi connectivity index (χ3v) is 2.20. The summed E-state index contributed by atoms with van der Waals surface area (Å²) in [6.07, 6.45) is 1.20. The van der Waals surface area contributed by atoms with E-state index in [1.54, 1.807) is 0 Å². The smallest absolute Gasteiger partial charge is 0.0197 e. The Morgan fingerprint density at radius 3 is 2.08 bits per heavy atom. The highest BCUT2D eigenvalue weighted by Crippen LogP contribution is 2.04. The van der Waals surface area contributed by atoms with Crippen LogP contribution in [0.25, 0.3) is 0 Å². The molecule has 13 heavy (non-hydrogen) atoms. The monoisotopic (exact) mass is 186 g/mol. The summed E-state index contributed by atoms with van der Waals surface area (Å²) in [5.41, 5.74) is 0.231. The second-order valence-electron chi connectivity index (χ2n) is 4.85. The maximum Gasteiger partial charge on any atom is 0.0197 e. The molecule has 0 fully saturated rings. The van der Waals surface area contributed by atoms with Crippen LogP contribution in [-0.2, 0) is 0 Å². The molecule has 0 saturated carbocycles. The van der Waals surface area contributed by atoms with Gasteiger partial charge in [-0.15, -0.1) is 0 Å². The molecule has 0 bridgehead atoms. The fraction of sp³-hybridized carbons (Fsp3) is 1.00. The van der Waals surface area contributed by atoms with Crippen LogP contribution in [0.15, 0.2) is 0 Å². The fourth-order valence-electron chi connectivity index (χ4n) is 1.39. The van der Waals surface area contributed by atoms with Crippen LogP contribution in [-0.4, -0.2) is 36.6 Å². The van der Waals surface area contributed by atoms with E-state index in [9.17, 15) is 0 Å². The van der Waals surface area contributed by atoms with Crippen LogP contribution in [0.2, 0.25) is 0 Å². The fourth-order valence-corrected chi connectivity index (χ4v) is 1.39. The Bertz CT molecular complexity index is 127. The normalized spacial score (nSPS) is 15.0. The molecule has 0 rings (SSSR count). The van der Waals surface area contributed by atoms with Crippen molar-refractivity contribution in [1.82, 2.24) is 10.2 Å². The minimum absolute atomic E-state index is 0.231. The Morgan fingerprint density at radius 2 is 1.77 bits per heavy atom.